The number of hydrazone groups is 1. The predicted molar refractivity (Wildman–Crippen MR) is 165 cm³/mol. The minimum Gasteiger partial charge on any atom is -0.339 e. The van der Waals surface area contributed by atoms with Crippen molar-refractivity contribution in [2.75, 3.05) is 17.3 Å². The van der Waals surface area contributed by atoms with Crippen molar-refractivity contribution in [3.63, 3.8) is 0 Å². The van der Waals surface area contributed by atoms with E-state index < -0.39 is 10.0 Å². The van der Waals surface area contributed by atoms with Gasteiger partial charge in [0.1, 0.15) is 0 Å². The lowest BCUT2D eigenvalue weighted by Gasteiger charge is -2.28. The monoisotopic (exact) mass is 598 g/mol. The third kappa shape index (κ3) is 5.00. The Hall–Kier alpha value is -3.73. The molecule has 2 atom stereocenters. The predicted octanol–water partition coefficient (Wildman–Crippen LogP) is 5.75. The average molecular weight is 599 g/mol. The fraction of sp³-hybridized carbons (Fsp3) is 0.194. The Labute approximate surface area is 247 Å². The average Bonchev–Trinajstić information content (AvgIpc) is 3.71. The minimum atomic E-state index is -3.99. The molecule has 0 N–H and O–H groups in total. The molecule has 1 aliphatic carbocycles. The fourth-order valence-electron chi connectivity index (χ4n) is 5.72. The lowest BCUT2D eigenvalue weighted by Crippen LogP contribution is -2.39. The summed E-state index contributed by atoms with van der Waals surface area (Å²) in [4.78, 5) is 15.3. The van der Waals surface area contributed by atoms with Crippen LogP contribution in [0.25, 0.3) is 0 Å². The van der Waals surface area contributed by atoms with Gasteiger partial charge in [-0.15, -0.1) is 15.7 Å². The first-order valence-corrected chi connectivity index (χ1v) is 16.6. The molecule has 7 rings (SSSR count). The van der Waals surface area contributed by atoms with E-state index in [-0.39, 0.29) is 34.9 Å². The van der Waals surface area contributed by atoms with Crippen LogP contribution in [0.5, 0.6) is 0 Å². The van der Waals surface area contributed by atoms with E-state index in [1.54, 1.807) is 28.4 Å². The number of ketones is 1. The Bertz CT molecular complexity index is 1770. The quantitative estimate of drug-likeness (QED) is 0.281. The van der Waals surface area contributed by atoms with Crippen molar-refractivity contribution in [2.45, 2.75) is 23.9 Å². The summed E-state index contributed by atoms with van der Waals surface area (Å²) in [5.41, 5.74) is 5.42. The number of carbonyl (C=O) groups is 1. The Kier molecular flexibility index (Phi) is 6.76. The van der Waals surface area contributed by atoms with Crippen LogP contribution in [-0.2, 0) is 27.8 Å². The molecule has 3 heterocycles. The number of thioether (sulfide) groups is 1. The Morgan fingerprint density at radius 2 is 1.71 bits per heavy atom. The molecule has 0 saturated carbocycles. The second-order valence-corrected chi connectivity index (χ2v) is 13.8. The number of hydrogen-bond donors (Lipinski definition) is 0. The number of hydrogen-bond acceptors (Lipinski definition) is 7. The van der Waals surface area contributed by atoms with Crippen LogP contribution in [0.4, 0.5) is 5.69 Å². The van der Waals surface area contributed by atoms with Crippen LogP contribution in [0.3, 0.4) is 0 Å². The maximum absolute atomic E-state index is 13.4. The summed E-state index contributed by atoms with van der Waals surface area (Å²) in [6.07, 6.45) is 0.928. The summed E-state index contributed by atoms with van der Waals surface area (Å²) in [7, 11) is -3.99. The smallest absolute Gasteiger partial charge is 0.284 e. The molecule has 0 amide bonds. The van der Waals surface area contributed by atoms with Crippen LogP contribution in [0.15, 0.2) is 111 Å². The molecule has 10 heteroatoms. The van der Waals surface area contributed by atoms with Crippen LogP contribution in [-0.4, -0.2) is 42.3 Å². The van der Waals surface area contributed by atoms with Crippen molar-refractivity contribution in [3.05, 3.63) is 118 Å². The number of amidine groups is 1. The highest BCUT2D eigenvalue weighted by atomic mass is 32.2. The number of carbonyl (C=O) groups excluding carboxylic acids is 1. The summed E-state index contributed by atoms with van der Waals surface area (Å²) >= 11 is 2.88. The van der Waals surface area contributed by atoms with Crippen LogP contribution in [0, 0.1) is 5.92 Å². The van der Waals surface area contributed by atoms with Gasteiger partial charge >= 0.3 is 0 Å². The molecular weight excluding hydrogens is 573 g/mol. The molecule has 1 saturated heterocycles. The van der Waals surface area contributed by atoms with Gasteiger partial charge in [-0.25, -0.2) is 0 Å². The van der Waals surface area contributed by atoms with Gasteiger partial charge in [-0.1, -0.05) is 72.4 Å². The van der Waals surface area contributed by atoms with Crippen molar-refractivity contribution in [2.24, 2.45) is 15.4 Å². The highest BCUT2D eigenvalue weighted by Crippen LogP contribution is 2.47. The van der Waals surface area contributed by atoms with E-state index in [0.29, 0.717) is 11.7 Å². The van der Waals surface area contributed by atoms with Gasteiger partial charge in [0.2, 0.25) is 0 Å². The van der Waals surface area contributed by atoms with E-state index in [2.05, 4.69) is 46.2 Å². The first-order chi connectivity index (χ1) is 20.0. The van der Waals surface area contributed by atoms with Gasteiger partial charge in [0.25, 0.3) is 10.0 Å². The number of nitrogens with zero attached hydrogens (tertiary/aromatic N) is 4. The maximum Gasteiger partial charge on any atom is 0.284 e. The number of thiophene rings is 1. The molecule has 1 fully saturated rings. The number of sulfonamides is 1. The van der Waals surface area contributed by atoms with Crippen molar-refractivity contribution in [3.8, 4) is 0 Å². The Balaban J connectivity index is 1.18. The summed E-state index contributed by atoms with van der Waals surface area (Å²) < 4.78 is 31.0. The van der Waals surface area contributed by atoms with Crippen molar-refractivity contribution in [1.29, 1.82) is 0 Å². The number of Topliss-reactive ketones (excluding diaryl/α,β-unsaturated/α-hetero) is 1. The third-order valence-electron chi connectivity index (χ3n) is 7.59. The first kappa shape index (κ1) is 26.2. The number of fused-ring (bicyclic) bond motifs is 3. The number of rotatable bonds is 6. The zero-order valence-corrected chi connectivity index (χ0v) is 24.4. The zero-order chi connectivity index (χ0) is 28.0. The molecule has 2 unspecified atom stereocenters. The van der Waals surface area contributed by atoms with Crippen LogP contribution in [0.2, 0.25) is 0 Å². The second-order valence-electron chi connectivity index (χ2n) is 10.3. The fourth-order valence-corrected chi connectivity index (χ4v) is 8.70. The summed E-state index contributed by atoms with van der Waals surface area (Å²) in [6, 6.07) is 29.2. The standard InChI is InChI=1S/C31H26N4O3S3/c36-24-19-34(18-21-7-2-1-3-8-21)31(40-20-24)33-41(37,38)25-14-12-23(13-15-25)35-30(28-11-6-16-39-28)27-17-22-9-4-5-10-26(22)29(27)32-35/h1-16,27,30H,17-20H2/b33-31+. The molecule has 7 nitrogen and oxygen atoms in total. The molecule has 0 spiro atoms. The molecule has 206 valence electrons. The van der Waals surface area contributed by atoms with Gasteiger partial charge in [0, 0.05) is 22.9 Å². The van der Waals surface area contributed by atoms with Gasteiger partial charge in [0.05, 0.1) is 34.6 Å². The van der Waals surface area contributed by atoms with Crippen molar-refractivity contribution < 1.29 is 13.2 Å². The maximum atomic E-state index is 13.4. The van der Waals surface area contributed by atoms with Gasteiger partial charge in [0.15, 0.2) is 11.0 Å². The summed E-state index contributed by atoms with van der Waals surface area (Å²) in [6.45, 7) is 0.551. The lowest BCUT2D eigenvalue weighted by atomic mass is 9.94. The molecule has 0 radical (unpaired) electrons. The molecule has 2 aliphatic heterocycles. The van der Waals surface area contributed by atoms with E-state index >= 15 is 0 Å². The topological polar surface area (TPSA) is 82.4 Å². The first-order valence-electron chi connectivity index (χ1n) is 13.3. The zero-order valence-electron chi connectivity index (χ0n) is 22.0. The van der Waals surface area contributed by atoms with Gasteiger partial charge in [-0.3, -0.25) is 9.80 Å². The van der Waals surface area contributed by atoms with Crippen molar-refractivity contribution >= 4 is 55.5 Å². The second kappa shape index (κ2) is 10.6. The summed E-state index contributed by atoms with van der Waals surface area (Å²) in [5.74, 6) is 0.497. The molecular formula is C31H26N4O3S3. The number of benzene rings is 3. The number of anilines is 1. The van der Waals surface area contributed by atoms with Crippen LogP contribution >= 0.6 is 23.1 Å². The minimum absolute atomic E-state index is 0.0443. The molecule has 1 aromatic heterocycles. The molecule has 3 aliphatic rings. The molecule has 41 heavy (non-hydrogen) atoms. The van der Waals surface area contributed by atoms with Gasteiger partial charge in [-0.2, -0.15) is 13.5 Å². The van der Waals surface area contributed by atoms with E-state index in [1.165, 1.54) is 27.8 Å². The van der Waals surface area contributed by atoms with E-state index in [1.807, 2.05) is 47.5 Å². The molecule has 0 bridgehead atoms. The Morgan fingerprint density at radius 1 is 0.927 bits per heavy atom. The third-order valence-corrected chi connectivity index (χ3v) is 11.0. The SMILES string of the molecule is O=C1CS/C(=N/S(=O)(=O)c2ccc(N3N=C4c5ccccc5CC4C3c3cccs3)cc2)N(Cc2ccccc2)C1. The van der Waals surface area contributed by atoms with Gasteiger partial charge in [-0.05, 0) is 53.3 Å². The van der Waals surface area contributed by atoms with Gasteiger partial charge < -0.3 is 4.90 Å². The van der Waals surface area contributed by atoms with E-state index in [9.17, 15) is 13.2 Å². The molecule has 3 aromatic carbocycles. The largest absolute Gasteiger partial charge is 0.339 e. The lowest BCUT2D eigenvalue weighted by molar-refractivity contribution is -0.117. The molecule has 4 aromatic rings. The Morgan fingerprint density at radius 3 is 2.49 bits per heavy atom. The van der Waals surface area contributed by atoms with Crippen LogP contribution < -0.4 is 5.01 Å². The normalized spacial score (nSPS) is 21.2. The highest BCUT2D eigenvalue weighted by molar-refractivity contribution is 8.15. The highest BCUT2D eigenvalue weighted by Gasteiger charge is 2.44. The summed E-state index contributed by atoms with van der Waals surface area (Å²) in [5, 5.41) is 9.54. The van der Waals surface area contributed by atoms with Crippen molar-refractivity contribution in [1.82, 2.24) is 4.90 Å². The van der Waals surface area contributed by atoms with E-state index in [0.717, 1.165) is 23.4 Å². The van der Waals surface area contributed by atoms with Crippen LogP contribution in [0.1, 0.15) is 27.6 Å². The van der Waals surface area contributed by atoms with E-state index in [4.69, 9.17) is 5.10 Å².